The Balaban J connectivity index is 1.47. The fourth-order valence-electron chi connectivity index (χ4n) is 3.31. The summed E-state index contributed by atoms with van der Waals surface area (Å²) in [6.07, 6.45) is 5.35. The number of anilines is 1. The number of aromatic nitrogens is 1. The fraction of sp³-hybridized carbons (Fsp3) is 0.125. The molecule has 0 aliphatic carbocycles. The number of amides is 1. The zero-order valence-electron chi connectivity index (χ0n) is 16.8. The summed E-state index contributed by atoms with van der Waals surface area (Å²) >= 11 is 1.51. The quantitative estimate of drug-likeness (QED) is 0.558. The SMILES string of the molecule is Cc1ccc(N2C(=O)/C(=C\c3ccc4c(c3)OCO4)N=C2SCc2cccnc2)cc1. The molecule has 5 rings (SSSR count). The number of fused-ring (bicyclic) bond motifs is 1. The molecule has 0 saturated heterocycles. The summed E-state index contributed by atoms with van der Waals surface area (Å²) in [7, 11) is 0. The molecule has 3 aromatic rings. The molecule has 0 atom stereocenters. The molecule has 0 spiro atoms. The van der Waals surface area contributed by atoms with Crippen LogP contribution in [-0.2, 0) is 10.5 Å². The summed E-state index contributed by atoms with van der Waals surface area (Å²) in [6.45, 7) is 2.23. The van der Waals surface area contributed by atoms with Crippen molar-refractivity contribution in [2.45, 2.75) is 12.7 Å². The van der Waals surface area contributed by atoms with Gasteiger partial charge in [-0.05, 0) is 54.5 Å². The molecule has 154 valence electrons. The third-order valence-electron chi connectivity index (χ3n) is 4.91. The zero-order valence-corrected chi connectivity index (χ0v) is 17.6. The number of thioether (sulfide) groups is 1. The van der Waals surface area contributed by atoms with E-state index in [-0.39, 0.29) is 12.7 Å². The Morgan fingerprint density at radius 3 is 2.74 bits per heavy atom. The first-order valence-electron chi connectivity index (χ1n) is 9.80. The Bertz CT molecular complexity index is 1190. The molecule has 6 nitrogen and oxygen atoms in total. The number of ether oxygens (including phenoxy) is 2. The first-order chi connectivity index (χ1) is 15.2. The number of aliphatic imine (C=N–C) groups is 1. The van der Waals surface area contributed by atoms with E-state index < -0.39 is 0 Å². The molecule has 1 aromatic heterocycles. The molecule has 0 radical (unpaired) electrons. The van der Waals surface area contributed by atoms with E-state index in [2.05, 4.69) is 9.98 Å². The van der Waals surface area contributed by atoms with E-state index in [9.17, 15) is 4.79 Å². The predicted octanol–water partition coefficient (Wildman–Crippen LogP) is 4.80. The van der Waals surface area contributed by atoms with Crippen LogP contribution in [0.2, 0.25) is 0 Å². The van der Waals surface area contributed by atoms with Gasteiger partial charge in [0.05, 0.1) is 5.69 Å². The minimum absolute atomic E-state index is 0.157. The molecule has 0 N–H and O–H groups in total. The minimum Gasteiger partial charge on any atom is -0.454 e. The molecule has 2 aliphatic rings. The molecule has 2 aliphatic heterocycles. The summed E-state index contributed by atoms with van der Waals surface area (Å²) in [5.74, 6) is 1.89. The van der Waals surface area contributed by atoms with E-state index in [1.54, 1.807) is 17.2 Å². The molecule has 0 saturated carbocycles. The number of hydrogen-bond donors (Lipinski definition) is 0. The summed E-state index contributed by atoms with van der Waals surface area (Å²) in [6, 6.07) is 17.4. The number of benzene rings is 2. The molecule has 1 amide bonds. The first kappa shape index (κ1) is 19.4. The molecular weight excluding hydrogens is 410 g/mol. The highest BCUT2D eigenvalue weighted by Gasteiger charge is 2.32. The molecule has 3 heterocycles. The highest BCUT2D eigenvalue weighted by Crippen LogP contribution is 2.35. The number of carbonyl (C=O) groups excluding carboxylic acids is 1. The Morgan fingerprint density at radius 2 is 1.94 bits per heavy atom. The Kier molecular flexibility index (Phi) is 5.18. The van der Waals surface area contributed by atoms with Crippen LogP contribution in [0.15, 0.2) is 77.7 Å². The van der Waals surface area contributed by atoms with Crippen LogP contribution in [0.5, 0.6) is 11.5 Å². The number of hydrogen-bond acceptors (Lipinski definition) is 6. The lowest BCUT2D eigenvalue weighted by Crippen LogP contribution is -2.30. The topological polar surface area (TPSA) is 64.0 Å². The lowest BCUT2D eigenvalue weighted by atomic mass is 10.1. The van der Waals surface area contributed by atoms with Crippen LogP contribution < -0.4 is 14.4 Å². The average Bonchev–Trinajstić information content (AvgIpc) is 3.38. The van der Waals surface area contributed by atoms with E-state index in [0.717, 1.165) is 22.4 Å². The van der Waals surface area contributed by atoms with Crippen LogP contribution in [-0.4, -0.2) is 22.9 Å². The van der Waals surface area contributed by atoms with Crippen molar-refractivity contribution < 1.29 is 14.3 Å². The van der Waals surface area contributed by atoms with Crippen molar-refractivity contribution in [3.63, 3.8) is 0 Å². The van der Waals surface area contributed by atoms with E-state index in [0.29, 0.717) is 28.1 Å². The number of rotatable bonds is 4. The maximum Gasteiger partial charge on any atom is 0.283 e. The predicted molar refractivity (Wildman–Crippen MR) is 122 cm³/mol. The summed E-state index contributed by atoms with van der Waals surface area (Å²) < 4.78 is 10.8. The van der Waals surface area contributed by atoms with Crippen molar-refractivity contribution in [2.24, 2.45) is 4.99 Å². The van der Waals surface area contributed by atoms with Gasteiger partial charge in [-0.25, -0.2) is 4.99 Å². The molecule has 2 aromatic carbocycles. The van der Waals surface area contributed by atoms with Gasteiger partial charge in [0.25, 0.3) is 5.91 Å². The lowest BCUT2D eigenvalue weighted by molar-refractivity contribution is -0.113. The third-order valence-corrected chi connectivity index (χ3v) is 5.92. The highest BCUT2D eigenvalue weighted by molar-refractivity contribution is 8.13. The van der Waals surface area contributed by atoms with Gasteiger partial charge in [-0.15, -0.1) is 0 Å². The second-order valence-corrected chi connectivity index (χ2v) is 8.11. The van der Waals surface area contributed by atoms with Gasteiger partial charge in [0.2, 0.25) is 6.79 Å². The van der Waals surface area contributed by atoms with Crippen molar-refractivity contribution >= 4 is 34.6 Å². The normalized spacial score (nSPS) is 16.2. The Hall–Kier alpha value is -3.58. The monoisotopic (exact) mass is 429 g/mol. The van der Waals surface area contributed by atoms with Crippen molar-refractivity contribution in [3.05, 3.63) is 89.4 Å². The van der Waals surface area contributed by atoms with E-state index in [1.807, 2.05) is 67.7 Å². The maximum absolute atomic E-state index is 13.3. The zero-order chi connectivity index (χ0) is 21.2. The Labute approximate surface area is 184 Å². The molecule has 7 heteroatoms. The number of pyridine rings is 1. The highest BCUT2D eigenvalue weighted by atomic mass is 32.2. The molecular formula is C24H19N3O3S. The van der Waals surface area contributed by atoms with E-state index >= 15 is 0 Å². The summed E-state index contributed by atoms with van der Waals surface area (Å²) in [4.78, 5) is 23.8. The summed E-state index contributed by atoms with van der Waals surface area (Å²) in [5, 5.41) is 0.643. The van der Waals surface area contributed by atoms with Crippen LogP contribution in [0.4, 0.5) is 5.69 Å². The number of carbonyl (C=O) groups is 1. The fourth-order valence-corrected chi connectivity index (χ4v) is 4.25. The van der Waals surface area contributed by atoms with Gasteiger partial charge in [0.1, 0.15) is 5.70 Å². The van der Waals surface area contributed by atoms with E-state index in [1.165, 1.54) is 11.8 Å². The number of nitrogens with zero attached hydrogens (tertiary/aromatic N) is 3. The Morgan fingerprint density at radius 1 is 1.10 bits per heavy atom. The third kappa shape index (κ3) is 4.04. The van der Waals surface area contributed by atoms with Crippen LogP contribution in [0.3, 0.4) is 0 Å². The van der Waals surface area contributed by atoms with E-state index in [4.69, 9.17) is 9.47 Å². The van der Waals surface area contributed by atoms with Gasteiger partial charge in [0.15, 0.2) is 16.7 Å². The smallest absolute Gasteiger partial charge is 0.283 e. The maximum atomic E-state index is 13.3. The van der Waals surface area contributed by atoms with Crippen LogP contribution in [0.25, 0.3) is 6.08 Å². The van der Waals surface area contributed by atoms with Gasteiger partial charge in [0, 0.05) is 18.1 Å². The van der Waals surface area contributed by atoms with Crippen molar-refractivity contribution in [3.8, 4) is 11.5 Å². The second-order valence-electron chi connectivity index (χ2n) is 7.16. The van der Waals surface area contributed by atoms with Gasteiger partial charge >= 0.3 is 0 Å². The van der Waals surface area contributed by atoms with Crippen LogP contribution in [0, 0.1) is 6.92 Å². The first-order valence-corrected chi connectivity index (χ1v) is 10.8. The van der Waals surface area contributed by atoms with Gasteiger partial charge in [-0.3, -0.25) is 14.7 Å². The molecule has 31 heavy (non-hydrogen) atoms. The van der Waals surface area contributed by atoms with Gasteiger partial charge < -0.3 is 9.47 Å². The number of amidine groups is 1. The largest absolute Gasteiger partial charge is 0.454 e. The van der Waals surface area contributed by atoms with Crippen molar-refractivity contribution in [1.82, 2.24) is 4.98 Å². The van der Waals surface area contributed by atoms with Crippen LogP contribution in [0.1, 0.15) is 16.7 Å². The average molecular weight is 430 g/mol. The minimum atomic E-state index is -0.157. The number of aryl methyl sites for hydroxylation is 1. The standard InChI is InChI=1S/C24H19N3O3S/c1-16-4-7-19(8-5-16)27-23(28)20(11-17-6-9-21-22(12-17)30-15-29-21)26-24(27)31-14-18-3-2-10-25-13-18/h2-13H,14-15H2,1H3/b20-11+. The van der Waals surface area contributed by atoms with Crippen molar-refractivity contribution in [1.29, 1.82) is 0 Å². The molecule has 0 bridgehead atoms. The molecule has 0 fully saturated rings. The lowest BCUT2D eigenvalue weighted by Gasteiger charge is -2.18. The van der Waals surface area contributed by atoms with Crippen molar-refractivity contribution in [2.75, 3.05) is 11.7 Å². The second kappa shape index (κ2) is 8.28. The van der Waals surface area contributed by atoms with Crippen LogP contribution >= 0.6 is 11.8 Å². The van der Waals surface area contributed by atoms with Gasteiger partial charge in [-0.2, -0.15) is 0 Å². The van der Waals surface area contributed by atoms with Gasteiger partial charge in [-0.1, -0.05) is 41.6 Å². The molecule has 0 unspecified atom stereocenters. The summed E-state index contributed by atoms with van der Waals surface area (Å²) in [5.41, 5.74) is 4.21.